The number of aliphatic hydroxyl groups excluding tert-OH is 1. The second-order valence-electron chi connectivity index (χ2n) is 6.97. The minimum atomic E-state index is -0.162. The van der Waals surface area contributed by atoms with Crippen molar-refractivity contribution in [1.29, 1.82) is 0 Å². The monoisotopic (exact) mass is 275 g/mol. The highest BCUT2D eigenvalue weighted by Crippen LogP contribution is 2.29. The second kappa shape index (κ2) is 5.57. The van der Waals surface area contributed by atoms with E-state index >= 15 is 0 Å². The first-order valence-electron chi connectivity index (χ1n) is 7.32. The van der Waals surface area contributed by atoms with E-state index in [2.05, 4.69) is 20.8 Å². The molecule has 3 nitrogen and oxygen atoms in total. The summed E-state index contributed by atoms with van der Waals surface area (Å²) >= 11 is 0. The molecular formula is C17H25NO2. The van der Waals surface area contributed by atoms with Crippen molar-refractivity contribution in [3.05, 3.63) is 35.4 Å². The topological polar surface area (TPSA) is 40.5 Å². The van der Waals surface area contributed by atoms with E-state index in [-0.39, 0.29) is 17.4 Å². The zero-order valence-electron chi connectivity index (χ0n) is 12.9. The molecule has 1 N–H and O–H groups in total. The van der Waals surface area contributed by atoms with Crippen LogP contribution in [0.2, 0.25) is 0 Å². The number of hydrogen-bond acceptors (Lipinski definition) is 2. The second-order valence-corrected chi connectivity index (χ2v) is 6.97. The lowest BCUT2D eigenvalue weighted by Gasteiger charge is -2.35. The van der Waals surface area contributed by atoms with Gasteiger partial charge < -0.3 is 10.0 Å². The summed E-state index contributed by atoms with van der Waals surface area (Å²) in [5.41, 5.74) is 1.84. The smallest absolute Gasteiger partial charge is 0.253 e. The minimum absolute atomic E-state index is 0.0419. The summed E-state index contributed by atoms with van der Waals surface area (Å²) in [7, 11) is 1.85. The van der Waals surface area contributed by atoms with Crippen LogP contribution in [-0.2, 0) is 5.41 Å². The molecule has 0 unspecified atom stereocenters. The van der Waals surface area contributed by atoms with E-state index < -0.39 is 0 Å². The Labute approximate surface area is 121 Å². The number of carbonyl (C=O) groups excluding carboxylic acids is 1. The van der Waals surface area contributed by atoms with Crippen molar-refractivity contribution in [1.82, 2.24) is 4.90 Å². The molecule has 0 radical (unpaired) electrons. The summed E-state index contributed by atoms with van der Waals surface area (Å²) < 4.78 is 0. The van der Waals surface area contributed by atoms with E-state index in [1.807, 2.05) is 31.3 Å². The highest BCUT2D eigenvalue weighted by Gasteiger charge is 2.30. The van der Waals surface area contributed by atoms with Crippen LogP contribution >= 0.6 is 0 Å². The maximum Gasteiger partial charge on any atom is 0.253 e. The van der Waals surface area contributed by atoms with E-state index in [9.17, 15) is 9.90 Å². The number of benzene rings is 1. The molecule has 0 saturated heterocycles. The van der Waals surface area contributed by atoms with Gasteiger partial charge in [-0.05, 0) is 35.8 Å². The maximum absolute atomic E-state index is 12.6. The van der Waals surface area contributed by atoms with Crippen molar-refractivity contribution in [2.75, 3.05) is 13.6 Å². The van der Waals surface area contributed by atoms with Crippen molar-refractivity contribution in [3.8, 4) is 0 Å². The first-order chi connectivity index (χ1) is 9.29. The van der Waals surface area contributed by atoms with E-state index in [4.69, 9.17) is 0 Å². The Morgan fingerprint density at radius 1 is 1.30 bits per heavy atom. The van der Waals surface area contributed by atoms with Gasteiger partial charge in [0, 0.05) is 19.2 Å². The lowest BCUT2D eigenvalue weighted by Crippen LogP contribution is -2.40. The third-order valence-electron chi connectivity index (χ3n) is 4.06. The van der Waals surface area contributed by atoms with Gasteiger partial charge in [0.1, 0.15) is 0 Å². The van der Waals surface area contributed by atoms with Crippen LogP contribution in [0.4, 0.5) is 0 Å². The van der Waals surface area contributed by atoms with Gasteiger partial charge in [0.15, 0.2) is 0 Å². The fourth-order valence-electron chi connectivity index (χ4n) is 2.85. The average Bonchev–Trinajstić information content (AvgIpc) is 2.35. The molecule has 0 heterocycles. The number of amides is 1. The quantitative estimate of drug-likeness (QED) is 0.921. The van der Waals surface area contributed by atoms with E-state index in [1.54, 1.807) is 4.90 Å². The molecule has 0 aromatic heterocycles. The van der Waals surface area contributed by atoms with Gasteiger partial charge in [-0.3, -0.25) is 4.79 Å². The normalized spacial score (nSPS) is 22.2. The molecule has 1 fully saturated rings. The Balaban J connectivity index is 2.12. The van der Waals surface area contributed by atoms with Crippen LogP contribution in [0.25, 0.3) is 0 Å². The molecule has 0 spiro atoms. The van der Waals surface area contributed by atoms with Gasteiger partial charge in [-0.2, -0.15) is 0 Å². The summed E-state index contributed by atoms with van der Waals surface area (Å²) in [5.74, 6) is 0.526. The van der Waals surface area contributed by atoms with Crippen LogP contribution in [0.1, 0.15) is 49.5 Å². The molecule has 0 atom stereocenters. The number of hydrogen-bond donors (Lipinski definition) is 1. The summed E-state index contributed by atoms with van der Waals surface area (Å²) in [6.45, 7) is 7.11. The molecule has 20 heavy (non-hydrogen) atoms. The first kappa shape index (κ1) is 15.0. The van der Waals surface area contributed by atoms with Crippen molar-refractivity contribution in [2.24, 2.45) is 5.92 Å². The highest BCUT2D eigenvalue weighted by molar-refractivity contribution is 5.95. The van der Waals surface area contributed by atoms with Gasteiger partial charge >= 0.3 is 0 Å². The van der Waals surface area contributed by atoms with Crippen molar-refractivity contribution in [2.45, 2.75) is 45.1 Å². The predicted octanol–water partition coefficient (Wildman–Crippen LogP) is 2.83. The largest absolute Gasteiger partial charge is 0.393 e. The number of carbonyl (C=O) groups is 1. The lowest BCUT2D eigenvalue weighted by molar-refractivity contribution is 0.0265. The van der Waals surface area contributed by atoms with Crippen LogP contribution in [0.5, 0.6) is 0 Å². The molecule has 1 aromatic rings. The molecule has 1 aromatic carbocycles. The third kappa shape index (κ3) is 3.21. The van der Waals surface area contributed by atoms with Crippen LogP contribution in [0, 0.1) is 5.92 Å². The van der Waals surface area contributed by atoms with E-state index in [0.29, 0.717) is 5.92 Å². The Kier molecular flexibility index (Phi) is 4.19. The number of aliphatic hydroxyl groups is 1. The summed E-state index contributed by atoms with van der Waals surface area (Å²) in [6, 6.07) is 7.85. The molecule has 0 bridgehead atoms. The molecule has 0 aliphatic heterocycles. The first-order valence-corrected chi connectivity index (χ1v) is 7.32. The Morgan fingerprint density at radius 3 is 2.45 bits per heavy atom. The average molecular weight is 275 g/mol. The fraction of sp³-hybridized carbons (Fsp3) is 0.588. The van der Waals surface area contributed by atoms with Crippen LogP contribution < -0.4 is 0 Å². The van der Waals surface area contributed by atoms with Crippen molar-refractivity contribution in [3.63, 3.8) is 0 Å². The van der Waals surface area contributed by atoms with Crippen LogP contribution in [-0.4, -0.2) is 35.6 Å². The molecule has 110 valence electrons. The standard InChI is InChI=1S/C17H25NO2/c1-17(2,3)15-8-6-5-7-14(15)16(20)18(4)11-12-9-13(19)10-12/h5-8,12-13,19H,9-11H2,1-4H3. The summed E-state index contributed by atoms with van der Waals surface area (Å²) in [6.07, 6.45) is 1.47. The Morgan fingerprint density at radius 2 is 1.90 bits per heavy atom. The van der Waals surface area contributed by atoms with Gasteiger partial charge in [-0.15, -0.1) is 0 Å². The third-order valence-corrected chi connectivity index (χ3v) is 4.06. The molecule has 1 saturated carbocycles. The minimum Gasteiger partial charge on any atom is -0.393 e. The SMILES string of the molecule is CN(CC1CC(O)C1)C(=O)c1ccccc1C(C)(C)C. The zero-order chi connectivity index (χ0) is 14.9. The van der Waals surface area contributed by atoms with E-state index in [0.717, 1.165) is 30.5 Å². The Hall–Kier alpha value is -1.35. The fourth-order valence-corrected chi connectivity index (χ4v) is 2.85. The molecule has 2 rings (SSSR count). The van der Waals surface area contributed by atoms with Crippen molar-refractivity contribution >= 4 is 5.91 Å². The molecule has 3 heteroatoms. The lowest BCUT2D eigenvalue weighted by atomic mass is 9.81. The van der Waals surface area contributed by atoms with Gasteiger partial charge in [0.2, 0.25) is 0 Å². The van der Waals surface area contributed by atoms with Gasteiger partial charge in [0.25, 0.3) is 5.91 Å². The van der Waals surface area contributed by atoms with Crippen LogP contribution in [0.15, 0.2) is 24.3 Å². The van der Waals surface area contributed by atoms with Gasteiger partial charge in [-0.1, -0.05) is 39.0 Å². The van der Waals surface area contributed by atoms with E-state index in [1.165, 1.54) is 0 Å². The summed E-state index contributed by atoms with van der Waals surface area (Å²) in [4.78, 5) is 14.4. The predicted molar refractivity (Wildman–Crippen MR) is 80.8 cm³/mol. The Bertz CT molecular complexity index is 484. The zero-order valence-corrected chi connectivity index (χ0v) is 12.9. The number of rotatable bonds is 3. The highest BCUT2D eigenvalue weighted by atomic mass is 16.3. The molecule has 1 aliphatic rings. The maximum atomic E-state index is 12.6. The number of nitrogens with zero attached hydrogens (tertiary/aromatic N) is 1. The molecule has 1 amide bonds. The van der Waals surface area contributed by atoms with Gasteiger partial charge in [0.05, 0.1) is 6.10 Å². The summed E-state index contributed by atoms with van der Waals surface area (Å²) in [5, 5.41) is 9.33. The molecule has 1 aliphatic carbocycles. The van der Waals surface area contributed by atoms with Crippen LogP contribution in [0.3, 0.4) is 0 Å². The molecular weight excluding hydrogens is 250 g/mol. The van der Waals surface area contributed by atoms with Gasteiger partial charge in [-0.25, -0.2) is 0 Å². The van der Waals surface area contributed by atoms with Crippen molar-refractivity contribution < 1.29 is 9.90 Å².